The lowest BCUT2D eigenvalue weighted by Crippen LogP contribution is -3.11. The van der Waals surface area contributed by atoms with Gasteiger partial charge in [-0.15, -0.1) is 0 Å². The van der Waals surface area contributed by atoms with Gasteiger partial charge in [-0.25, -0.2) is 4.79 Å². The summed E-state index contributed by atoms with van der Waals surface area (Å²) in [6.45, 7) is 3.30. The van der Waals surface area contributed by atoms with Crippen LogP contribution in [0.4, 0.5) is 0 Å². The number of rotatable bonds is 4. The van der Waals surface area contributed by atoms with E-state index in [0.29, 0.717) is 11.3 Å². The van der Waals surface area contributed by atoms with E-state index in [2.05, 4.69) is 30.3 Å². The fourth-order valence-electron chi connectivity index (χ4n) is 4.45. The van der Waals surface area contributed by atoms with Gasteiger partial charge >= 0.3 is 5.63 Å². The first kappa shape index (κ1) is 17.3. The van der Waals surface area contributed by atoms with E-state index in [-0.39, 0.29) is 12.4 Å². The van der Waals surface area contributed by atoms with Crippen LogP contribution in [-0.2, 0) is 13.0 Å². The van der Waals surface area contributed by atoms with Crippen molar-refractivity contribution in [2.45, 2.75) is 25.8 Å². The van der Waals surface area contributed by atoms with Gasteiger partial charge in [0.15, 0.2) is 11.5 Å². The van der Waals surface area contributed by atoms with E-state index in [1.54, 1.807) is 12.1 Å². The van der Waals surface area contributed by atoms with Crippen LogP contribution >= 0.6 is 0 Å². The number of likely N-dealkylation sites (tertiary alicyclic amines) is 1. The van der Waals surface area contributed by atoms with Crippen molar-refractivity contribution < 1.29 is 18.8 Å². The molecule has 0 radical (unpaired) electrons. The van der Waals surface area contributed by atoms with Gasteiger partial charge < -0.3 is 18.8 Å². The molecule has 2 aromatic carbocycles. The van der Waals surface area contributed by atoms with Crippen LogP contribution in [0.2, 0.25) is 0 Å². The van der Waals surface area contributed by atoms with Crippen LogP contribution in [0.5, 0.6) is 11.5 Å². The van der Waals surface area contributed by atoms with Crippen molar-refractivity contribution in [1.82, 2.24) is 0 Å². The van der Waals surface area contributed by atoms with E-state index in [9.17, 15) is 4.79 Å². The van der Waals surface area contributed by atoms with Gasteiger partial charge in [0, 0.05) is 23.1 Å². The molecule has 0 saturated carbocycles. The standard InChI is InChI=1S/C23H23NO4/c25-23-11-18(19-12-21-22(27-15-26-21)13-20(19)28-23)14-24-8-6-17(7-9-24)10-16-4-2-1-3-5-16/h1-5,11-13,17H,6-10,14-15H2/p+1. The Balaban J connectivity index is 1.30. The highest BCUT2D eigenvalue weighted by Gasteiger charge is 2.24. The summed E-state index contributed by atoms with van der Waals surface area (Å²) >= 11 is 0. The maximum absolute atomic E-state index is 12.1. The zero-order chi connectivity index (χ0) is 18.9. The summed E-state index contributed by atoms with van der Waals surface area (Å²) in [5.41, 5.74) is 2.73. The highest BCUT2D eigenvalue weighted by atomic mass is 16.7. The third-order valence-electron chi connectivity index (χ3n) is 5.94. The molecule has 5 nitrogen and oxygen atoms in total. The maximum Gasteiger partial charge on any atom is 0.336 e. The smallest absolute Gasteiger partial charge is 0.336 e. The van der Waals surface area contributed by atoms with E-state index in [1.807, 2.05) is 6.07 Å². The Bertz CT molecular complexity index is 1040. The summed E-state index contributed by atoms with van der Waals surface area (Å²) < 4.78 is 16.3. The fourth-order valence-corrected chi connectivity index (χ4v) is 4.45. The van der Waals surface area contributed by atoms with Crippen LogP contribution in [0.25, 0.3) is 11.0 Å². The Labute approximate surface area is 163 Å². The number of nitrogens with one attached hydrogen (secondary N) is 1. The van der Waals surface area contributed by atoms with Crippen molar-refractivity contribution in [2.24, 2.45) is 5.92 Å². The molecule has 1 saturated heterocycles. The fraction of sp³-hybridized carbons (Fsp3) is 0.348. The monoisotopic (exact) mass is 378 g/mol. The first-order valence-electron chi connectivity index (χ1n) is 9.98. The molecule has 2 aliphatic rings. The van der Waals surface area contributed by atoms with Gasteiger partial charge in [-0.2, -0.15) is 0 Å². The molecule has 0 atom stereocenters. The first-order valence-corrected chi connectivity index (χ1v) is 9.98. The van der Waals surface area contributed by atoms with Crippen LogP contribution in [0.1, 0.15) is 24.0 Å². The first-order chi connectivity index (χ1) is 13.7. The number of fused-ring (bicyclic) bond motifs is 2. The Morgan fingerprint density at radius 2 is 1.71 bits per heavy atom. The lowest BCUT2D eigenvalue weighted by Gasteiger charge is -2.29. The molecule has 144 valence electrons. The van der Waals surface area contributed by atoms with Gasteiger partial charge in [-0.1, -0.05) is 30.3 Å². The molecule has 0 aliphatic carbocycles. The average molecular weight is 378 g/mol. The lowest BCUT2D eigenvalue weighted by molar-refractivity contribution is -0.919. The third-order valence-corrected chi connectivity index (χ3v) is 5.94. The zero-order valence-electron chi connectivity index (χ0n) is 15.8. The summed E-state index contributed by atoms with van der Waals surface area (Å²) in [5, 5.41) is 0.947. The van der Waals surface area contributed by atoms with Gasteiger partial charge in [-0.05, 0) is 36.8 Å². The summed E-state index contributed by atoms with van der Waals surface area (Å²) in [7, 11) is 0. The Morgan fingerprint density at radius 1 is 0.964 bits per heavy atom. The highest BCUT2D eigenvalue weighted by molar-refractivity contribution is 5.84. The number of hydrogen-bond acceptors (Lipinski definition) is 4. The predicted octanol–water partition coefficient (Wildman–Crippen LogP) is 2.56. The molecule has 3 aromatic rings. The normalized spacial score (nSPS) is 21.1. The van der Waals surface area contributed by atoms with Gasteiger partial charge in [0.25, 0.3) is 0 Å². The third kappa shape index (κ3) is 3.50. The van der Waals surface area contributed by atoms with Crippen LogP contribution in [0, 0.1) is 5.92 Å². The second kappa shape index (κ2) is 7.32. The van der Waals surface area contributed by atoms with Crippen molar-refractivity contribution in [3.63, 3.8) is 0 Å². The molecule has 0 spiro atoms. The average Bonchev–Trinajstić information content (AvgIpc) is 3.16. The molecule has 28 heavy (non-hydrogen) atoms. The van der Waals surface area contributed by atoms with Gasteiger partial charge in [-0.3, -0.25) is 0 Å². The summed E-state index contributed by atoms with van der Waals surface area (Å²) in [6.07, 6.45) is 3.60. The van der Waals surface area contributed by atoms with Gasteiger partial charge in [0.05, 0.1) is 13.1 Å². The van der Waals surface area contributed by atoms with Gasteiger partial charge in [0.1, 0.15) is 12.1 Å². The number of hydrogen-bond donors (Lipinski definition) is 1. The molecule has 1 fully saturated rings. The summed E-state index contributed by atoms with van der Waals surface area (Å²) in [4.78, 5) is 13.6. The van der Waals surface area contributed by atoms with E-state index >= 15 is 0 Å². The van der Waals surface area contributed by atoms with Crippen LogP contribution in [-0.4, -0.2) is 19.9 Å². The molecule has 1 N–H and O–H groups in total. The van der Waals surface area contributed by atoms with E-state index in [4.69, 9.17) is 13.9 Å². The van der Waals surface area contributed by atoms with Crippen molar-refractivity contribution in [2.75, 3.05) is 19.9 Å². The Kier molecular flexibility index (Phi) is 4.53. The number of benzene rings is 2. The largest absolute Gasteiger partial charge is 0.454 e. The molecule has 2 aliphatic heterocycles. The van der Waals surface area contributed by atoms with E-state index in [1.165, 1.54) is 23.3 Å². The van der Waals surface area contributed by atoms with Crippen molar-refractivity contribution in [3.05, 3.63) is 70.1 Å². The zero-order valence-corrected chi connectivity index (χ0v) is 15.8. The molecular formula is C23H24NO4+. The van der Waals surface area contributed by atoms with Crippen LogP contribution in [0.15, 0.2) is 57.7 Å². The molecule has 0 amide bonds. The molecule has 1 aromatic heterocycles. The van der Waals surface area contributed by atoms with Gasteiger partial charge in [0.2, 0.25) is 6.79 Å². The molecule has 5 heteroatoms. The predicted molar refractivity (Wildman–Crippen MR) is 106 cm³/mol. The molecule has 3 heterocycles. The van der Waals surface area contributed by atoms with Crippen LogP contribution < -0.4 is 20.0 Å². The molecule has 0 bridgehead atoms. The number of piperidine rings is 1. The Morgan fingerprint density at radius 3 is 2.50 bits per heavy atom. The summed E-state index contributed by atoms with van der Waals surface area (Å²) in [6, 6.07) is 16.1. The minimum absolute atomic E-state index is 0.214. The second-order valence-electron chi connectivity index (χ2n) is 7.85. The topological polar surface area (TPSA) is 53.1 Å². The summed E-state index contributed by atoms with van der Waals surface area (Å²) in [5.74, 6) is 2.11. The lowest BCUT2D eigenvalue weighted by atomic mass is 9.90. The molecule has 5 rings (SSSR count). The van der Waals surface area contributed by atoms with E-state index < -0.39 is 0 Å². The maximum atomic E-state index is 12.1. The van der Waals surface area contributed by atoms with Crippen molar-refractivity contribution >= 4 is 11.0 Å². The second-order valence-corrected chi connectivity index (χ2v) is 7.85. The quantitative estimate of drug-likeness (QED) is 0.709. The number of ether oxygens (including phenoxy) is 2. The van der Waals surface area contributed by atoms with Crippen molar-refractivity contribution in [3.8, 4) is 11.5 Å². The molecule has 0 unspecified atom stereocenters. The highest BCUT2D eigenvalue weighted by Crippen LogP contribution is 2.36. The minimum atomic E-state index is -0.306. The SMILES string of the molecule is O=c1cc(C[NH+]2CCC(Cc3ccccc3)CC2)c2cc3c(cc2o1)OCO3. The Hall–Kier alpha value is -2.79. The number of quaternary nitrogens is 1. The van der Waals surface area contributed by atoms with Crippen LogP contribution in [0.3, 0.4) is 0 Å². The minimum Gasteiger partial charge on any atom is -0.454 e. The van der Waals surface area contributed by atoms with E-state index in [0.717, 1.165) is 48.7 Å². The molecular weight excluding hydrogens is 354 g/mol. The van der Waals surface area contributed by atoms with Crippen molar-refractivity contribution in [1.29, 1.82) is 0 Å².